The van der Waals surface area contributed by atoms with Gasteiger partial charge in [-0.15, -0.1) is 0 Å². The highest BCUT2D eigenvalue weighted by atomic mass is 19.1. The minimum atomic E-state index is -0.548. The fourth-order valence-corrected chi connectivity index (χ4v) is 7.41. The van der Waals surface area contributed by atoms with E-state index in [1.165, 1.54) is 37.6 Å². The van der Waals surface area contributed by atoms with Crippen molar-refractivity contribution in [1.29, 1.82) is 0 Å². The number of hydrogen-bond acceptors (Lipinski definition) is 2. The third-order valence-electron chi connectivity index (χ3n) is 7.94. The number of pyridine rings is 1. The highest BCUT2D eigenvalue weighted by Gasteiger charge is 2.68. The number of carbonyl (C=O) groups excluding carboxylic acids is 1. The summed E-state index contributed by atoms with van der Waals surface area (Å²) in [5, 5.41) is 3.02. The predicted octanol–water partition coefficient (Wildman–Crippen LogP) is 3.51. The van der Waals surface area contributed by atoms with Crippen LogP contribution in [-0.2, 0) is 0 Å². The van der Waals surface area contributed by atoms with E-state index >= 15 is 0 Å². The summed E-state index contributed by atoms with van der Waals surface area (Å²) in [5.74, 6) is 6.84. The number of fused-ring (bicyclic) bond motifs is 2. The number of aromatic nitrogens is 1. The van der Waals surface area contributed by atoms with Gasteiger partial charge >= 0.3 is 0 Å². The maximum absolute atomic E-state index is 12.8. The van der Waals surface area contributed by atoms with Gasteiger partial charge in [0.25, 0.3) is 5.91 Å². The van der Waals surface area contributed by atoms with E-state index in [0.717, 1.165) is 60.3 Å². The summed E-state index contributed by atoms with van der Waals surface area (Å²) in [6.45, 7) is 3.22. The van der Waals surface area contributed by atoms with E-state index in [1.807, 2.05) is 0 Å². The summed E-state index contributed by atoms with van der Waals surface area (Å²) in [4.78, 5) is 15.7. The van der Waals surface area contributed by atoms with E-state index < -0.39 is 5.95 Å². The Morgan fingerprint density at radius 3 is 2.92 bits per heavy atom. The average molecular weight is 328 g/mol. The van der Waals surface area contributed by atoms with Crippen LogP contribution in [0.2, 0.25) is 0 Å². The van der Waals surface area contributed by atoms with Crippen molar-refractivity contribution in [3.05, 3.63) is 29.8 Å². The molecule has 8 atom stereocenters. The van der Waals surface area contributed by atoms with E-state index in [1.54, 1.807) is 0 Å². The van der Waals surface area contributed by atoms with Crippen molar-refractivity contribution in [3.63, 3.8) is 0 Å². The Morgan fingerprint density at radius 2 is 2.12 bits per heavy atom. The molecular weight excluding hydrogens is 303 g/mol. The summed E-state index contributed by atoms with van der Waals surface area (Å²) in [7, 11) is 0. The van der Waals surface area contributed by atoms with Crippen LogP contribution < -0.4 is 5.32 Å². The number of nitrogens with one attached hydrogen (secondary N) is 1. The number of rotatable bonds is 4. The zero-order valence-electron chi connectivity index (χ0n) is 14.1. The molecule has 4 aliphatic rings. The molecule has 24 heavy (non-hydrogen) atoms. The van der Waals surface area contributed by atoms with Crippen LogP contribution in [0, 0.1) is 53.3 Å². The molecule has 0 aliphatic heterocycles. The van der Waals surface area contributed by atoms with Crippen molar-refractivity contribution in [2.24, 2.45) is 47.3 Å². The molecule has 4 fully saturated rings. The van der Waals surface area contributed by atoms with Crippen LogP contribution in [0.5, 0.6) is 0 Å². The van der Waals surface area contributed by atoms with Gasteiger partial charge in [-0.25, -0.2) is 4.98 Å². The van der Waals surface area contributed by atoms with Gasteiger partial charge in [0.05, 0.1) is 5.56 Å². The Balaban J connectivity index is 1.23. The lowest BCUT2D eigenvalue weighted by molar-refractivity contribution is 0.0949. The molecule has 3 nitrogen and oxygen atoms in total. The lowest BCUT2D eigenvalue weighted by Gasteiger charge is -2.30. The molecule has 128 valence electrons. The Labute approximate surface area is 142 Å². The molecule has 1 heterocycles. The minimum Gasteiger partial charge on any atom is -0.352 e. The molecule has 4 heteroatoms. The summed E-state index contributed by atoms with van der Waals surface area (Å²) in [5.41, 5.74) is 0.443. The molecule has 4 aliphatic carbocycles. The van der Waals surface area contributed by atoms with Gasteiger partial charge in [0.1, 0.15) is 0 Å². The van der Waals surface area contributed by atoms with Crippen LogP contribution in [0.25, 0.3) is 0 Å². The topological polar surface area (TPSA) is 42.0 Å². The monoisotopic (exact) mass is 328 g/mol. The molecular formula is C20H25FN2O. The van der Waals surface area contributed by atoms with Crippen molar-refractivity contribution >= 4 is 5.91 Å². The summed E-state index contributed by atoms with van der Waals surface area (Å²) < 4.78 is 12.8. The molecule has 4 saturated carbocycles. The average Bonchev–Trinajstić information content (AvgIpc) is 3.24. The Hall–Kier alpha value is -1.45. The maximum atomic E-state index is 12.8. The highest BCUT2D eigenvalue weighted by molar-refractivity contribution is 5.93. The van der Waals surface area contributed by atoms with Crippen LogP contribution in [-0.4, -0.2) is 17.4 Å². The summed E-state index contributed by atoms with van der Waals surface area (Å²) >= 11 is 0. The van der Waals surface area contributed by atoms with Crippen LogP contribution in [0.1, 0.15) is 43.0 Å². The van der Waals surface area contributed by atoms with Crippen molar-refractivity contribution in [1.82, 2.24) is 10.3 Å². The van der Waals surface area contributed by atoms with Gasteiger partial charge in [-0.05, 0) is 85.2 Å². The third kappa shape index (κ3) is 1.94. The van der Waals surface area contributed by atoms with Crippen LogP contribution in [0.3, 0.4) is 0 Å². The lowest BCUT2D eigenvalue weighted by atomic mass is 9.74. The molecule has 0 saturated heterocycles. The second-order valence-electron chi connectivity index (χ2n) is 8.57. The molecule has 1 amide bonds. The van der Waals surface area contributed by atoms with Crippen LogP contribution >= 0.6 is 0 Å². The van der Waals surface area contributed by atoms with Gasteiger partial charge in [0.2, 0.25) is 5.95 Å². The molecule has 1 N–H and O–H groups in total. The normalized spacial score (nSPS) is 44.2. The maximum Gasteiger partial charge on any atom is 0.252 e. The van der Waals surface area contributed by atoms with Crippen molar-refractivity contribution in [2.75, 3.05) is 6.54 Å². The van der Waals surface area contributed by atoms with E-state index in [-0.39, 0.29) is 5.91 Å². The molecule has 8 unspecified atom stereocenters. The molecule has 1 aromatic heterocycles. The molecule has 0 aromatic carbocycles. The van der Waals surface area contributed by atoms with Gasteiger partial charge in [-0.2, -0.15) is 4.39 Å². The van der Waals surface area contributed by atoms with Gasteiger partial charge < -0.3 is 5.32 Å². The number of halogens is 1. The summed E-state index contributed by atoms with van der Waals surface area (Å²) in [6, 6.07) is 2.74. The second kappa shape index (κ2) is 5.27. The predicted molar refractivity (Wildman–Crippen MR) is 88.6 cm³/mol. The van der Waals surface area contributed by atoms with Gasteiger partial charge in [0.15, 0.2) is 0 Å². The highest BCUT2D eigenvalue weighted by Crippen LogP contribution is 2.74. The first-order valence-corrected chi connectivity index (χ1v) is 9.55. The Kier molecular flexibility index (Phi) is 3.26. The summed E-state index contributed by atoms with van der Waals surface area (Å²) in [6.07, 6.45) is 6.83. The number of carbonyl (C=O) groups is 1. The van der Waals surface area contributed by atoms with Crippen LogP contribution in [0.15, 0.2) is 18.3 Å². The van der Waals surface area contributed by atoms with E-state index in [9.17, 15) is 9.18 Å². The number of amides is 1. The molecule has 0 radical (unpaired) electrons. The van der Waals surface area contributed by atoms with E-state index in [0.29, 0.717) is 5.56 Å². The van der Waals surface area contributed by atoms with Gasteiger partial charge in [0, 0.05) is 12.7 Å². The van der Waals surface area contributed by atoms with Gasteiger partial charge in [-0.3, -0.25) is 4.79 Å². The van der Waals surface area contributed by atoms with E-state index in [2.05, 4.69) is 17.2 Å². The van der Waals surface area contributed by atoms with Gasteiger partial charge in [-0.1, -0.05) is 6.92 Å². The van der Waals surface area contributed by atoms with Crippen molar-refractivity contribution in [2.45, 2.75) is 32.6 Å². The Morgan fingerprint density at radius 1 is 1.25 bits per heavy atom. The first-order chi connectivity index (χ1) is 11.6. The first kappa shape index (κ1) is 14.9. The van der Waals surface area contributed by atoms with Crippen molar-refractivity contribution < 1.29 is 9.18 Å². The minimum absolute atomic E-state index is 0.134. The third-order valence-corrected chi connectivity index (χ3v) is 7.94. The molecule has 5 rings (SSSR count). The molecule has 1 aromatic rings. The smallest absolute Gasteiger partial charge is 0.252 e. The largest absolute Gasteiger partial charge is 0.352 e. The number of nitrogens with zero attached hydrogens (tertiary/aromatic N) is 1. The Bertz CT molecular complexity index is 658. The second-order valence-corrected chi connectivity index (χ2v) is 8.57. The first-order valence-electron chi connectivity index (χ1n) is 9.55. The number of hydrogen-bond donors (Lipinski definition) is 1. The standard InChI is InChI=1S/C20H25FN2O/c1-10-15-8-11-2-4-13-17(10)14(19(15)18(11)13)6-7-22-20(24)12-3-5-16(21)23-9-12/h3,5,9-11,13-15,17-19H,2,4,6-8H2,1H3,(H,22,24). The SMILES string of the molecule is CC1C2CC3CCC4C1C(CCNC(=O)c1ccc(F)nc1)C2C34. The van der Waals surface area contributed by atoms with Crippen LogP contribution in [0.4, 0.5) is 4.39 Å². The molecule has 2 bridgehead atoms. The van der Waals surface area contributed by atoms with Crippen molar-refractivity contribution in [3.8, 4) is 0 Å². The van der Waals surface area contributed by atoms with E-state index in [4.69, 9.17) is 0 Å². The zero-order chi connectivity index (χ0) is 16.4. The lowest BCUT2D eigenvalue weighted by Crippen LogP contribution is -2.27. The quantitative estimate of drug-likeness (QED) is 0.859. The molecule has 0 spiro atoms. The fraction of sp³-hybridized carbons (Fsp3) is 0.700. The zero-order valence-corrected chi connectivity index (χ0v) is 14.1. The fourth-order valence-electron chi connectivity index (χ4n) is 7.41.